The van der Waals surface area contributed by atoms with Crippen LogP contribution in [0.25, 0.3) is 10.8 Å². The maximum Gasteiger partial charge on any atom is 0.277 e. The Kier molecular flexibility index (Phi) is 3.49. The molecule has 0 spiro atoms. The number of phenolic OH excluding ortho intramolecular Hbond substituents is 1. The first-order chi connectivity index (χ1) is 10.6. The molecule has 3 aromatic rings. The molecule has 0 bridgehead atoms. The summed E-state index contributed by atoms with van der Waals surface area (Å²) in [6.07, 6.45) is 0. The Balaban J connectivity index is 2.06. The molecule has 0 saturated carbocycles. The van der Waals surface area contributed by atoms with Gasteiger partial charge in [-0.15, -0.1) is 5.11 Å². The number of nitro groups is 1. The lowest BCUT2D eigenvalue weighted by Gasteiger charge is -2.02. The van der Waals surface area contributed by atoms with Crippen LogP contribution in [0.5, 0.6) is 5.75 Å². The van der Waals surface area contributed by atoms with E-state index in [9.17, 15) is 15.2 Å². The van der Waals surface area contributed by atoms with Crippen LogP contribution in [0.3, 0.4) is 0 Å². The predicted molar refractivity (Wildman–Crippen MR) is 82.9 cm³/mol. The molecular formula is C16H11N3O3. The normalized spacial score (nSPS) is 11.1. The highest BCUT2D eigenvalue weighted by atomic mass is 16.6. The molecule has 0 saturated heterocycles. The van der Waals surface area contributed by atoms with Crippen LogP contribution in [0.2, 0.25) is 0 Å². The molecule has 1 N–H and O–H groups in total. The lowest BCUT2D eigenvalue weighted by Crippen LogP contribution is -1.89. The fourth-order valence-corrected chi connectivity index (χ4v) is 2.14. The molecule has 6 nitrogen and oxygen atoms in total. The van der Waals surface area contributed by atoms with Gasteiger partial charge in [-0.25, -0.2) is 0 Å². The number of hydrogen-bond donors (Lipinski definition) is 1. The van der Waals surface area contributed by atoms with Crippen molar-refractivity contribution >= 4 is 27.8 Å². The molecule has 108 valence electrons. The average Bonchev–Trinajstić information content (AvgIpc) is 2.53. The molecule has 0 aliphatic rings. The van der Waals surface area contributed by atoms with Crippen molar-refractivity contribution in [2.45, 2.75) is 0 Å². The number of nitro benzene ring substituents is 1. The summed E-state index contributed by atoms with van der Waals surface area (Å²) in [6.45, 7) is 0. The van der Waals surface area contributed by atoms with E-state index in [4.69, 9.17) is 0 Å². The first kappa shape index (κ1) is 13.7. The topological polar surface area (TPSA) is 88.1 Å². The Morgan fingerprint density at radius 1 is 0.864 bits per heavy atom. The molecule has 3 rings (SSSR count). The summed E-state index contributed by atoms with van der Waals surface area (Å²) >= 11 is 0. The predicted octanol–water partition coefficient (Wildman–Crippen LogP) is 4.87. The van der Waals surface area contributed by atoms with Crippen LogP contribution in [-0.2, 0) is 0 Å². The molecule has 0 amide bonds. The van der Waals surface area contributed by atoms with Crippen LogP contribution in [0.4, 0.5) is 17.1 Å². The van der Waals surface area contributed by atoms with Gasteiger partial charge in [-0.05, 0) is 36.4 Å². The summed E-state index contributed by atoms with van der Waals surface area (Å²) in [5, 5.41) is 29.7. The first-order valence-electron chi connectivity index (χ1n) is 6.52. The van der Waals surface area contributed by atoms with E-state index in [-0.39, 0.29) is 11.4 Å². The molecule has 0 fully saturated rings. The number of nitrogens with zero attached hydrogens (tertiary/aromatic N) is 3. The zero-order valence-corrected chi connectivity index (χ0v) is 11.4. The number of aromatic hydroxyl groups is 1. The van der Waals surface area contributed by atoms with Gasteiger partial charge >= 0.3 is 0 Å². The molecule has 0 unspecified atom stereocenters. The van der Waals surface area contributed by atoms with Crippen molar-refractivity contribution in [3.63, 3.8) is 0 Å². The van der Waals surface area contributed by atoms with Crippen LogP contribution in [0.1, 0.15) is 0 Å². The number of hydrogen-bond acceptors (Lipinski definition) is 5. The third-order valence-electron chi connectivity index (χ3n) is 3.20. The van der Waals surface area contributed by atoms with Gasteiger partial charge in [0.2, 0.25) is 0 Å². The highest BCUT2D eigenvalue weighted by Crippen LogP contribution is 2.33. The molecule has 22 heavy (non-hydrogen) atoms. The largest absolute Gasteiger partial charge is 0.508 e. The van der Waals surface area contributed by atoms with Crippen molar-refractivity contribution in [2.24, 2.45) is 10.2 Å². The Morgan fingerprint density at radius 2 is 1.55 bits per heavy atom. The van der Waals surface area contributed by atoms with E-state index in [1.165, 1.54) is 18.2 Å². The van der Waals surface area contributed by atoms with Gasteiger partial charge in [0.25, 0.3) is 5.69 Å². The lowest BCUT2D eigenvalue weighted by atomic mass is 10.1. The molecule has 6 heteroatoms. The van der Waals surface area contributed by atoms with Crippen molar-refractivity contribution in [2.75, 3.05) is 0 Å². The zero-order chi connectivity index (χ0) is 15.5. The van der Waals surface area contributed by atoms with E-state index < -0.39 is 4.92 Å². The molecule has 0 radical (unpaired) electrons. The van der Waals surface area contributed by atoms with Crippen molar-refractivity contribution in [1.82, 2.24) is 0 Å². The second kappa shape index (κ2) is 5.61. The highest BCUT2D eigenvalue weighted by molar-refractivity contribution is 5.98. The second-order valence-corrected chi connectivity index (χ2v) is 4.62. The Morgan fingerprint density at radius 3 is 2.23 bits per heavy atom. The van der Waals surface area contributed by atoms with Crippen LogP contribution < -0.4 is 0 Å². The Hall–Kier alpha value is -3.28. The maximum atomic E-state index is 11.1. The number of non-ortho nitro benzene ring substituents is 1. The van der Waals surface area contributed by atoms with E-state index in [2.05, 4.69) is 10.2 Å². The molecule has 0 aliphatic carbocycles. The van der Waals surface area contributed by atoms with E-state index >= 15 is 0 Å². The zero-order valence-electron chi connectivity index (χ0n) is 11.4. The molecule has 3 aromatic carbocycles. The van der Waals surface area contributed by atoms with Gasteiger partial charge < -0.3 is 5.11 Å². The van der Waals surface area contributed by atoms with Gasteiger partial charge in [0.1, 0.15) is 5.75 Å². The van der Waals surface area contributed by atoms with Crippen LogP contribution in [0.15, 0.2) is 70.9 Å². The molecule has 0 heterocycles. The number of phenols is 1. The average molecular weight is 293 g/mol. The number of fused-ring (bicyclic) bond motifs is 1. The van der Waals surface area contributed by atoms with Gasteiger partial charge in [0.05, 0.1) is 21.7 Å². The third-order valence-corrected chi connectivity index (χ3v) is 3.20. The van der Waals surface area contributed by atoms with Crippen LogP contribution >= 0.6 is 0 Å². The molecular weight excluding hydrogens is 282 g/mol. The number of benzene rings is 3. The monoisotopic (exact) mass is 293 g/mol. The number of rotatable bonds is 3. The van der Waals surface area contributed by atoms with Gasteiger partial charge in [-0.1, -0.05) is 18.2 Å². The summed E-state index contributed by atoms with van der Waals surface area (Å²) in [5.41, 5.74) is 1.17. The number of azo groups is 1. The van der Waals surface area contributed by atoms with E-state index in [1.54, 1.807) is 42.5 Å². The van der Waals surface area contributed by atoms with Crippen molar-refractivity contribution < 1.29 is 10.0 Å². The summed E-state index contributed by atoms with van der Waals surface area (Å²) in [6, 6.07) is 16.3. The van der Waals surface area contributed by atoms with Crippen molar-refractivity contribution in [3.05, 3.63) is 70.8 Å². The van der Waals surface area contributed by atoms with Crippen molar-refractivity contribution in [1.29, 1.82) is 0 Å². The fraction of sp³-hybridized carbons (Fsp3) is 0. The minimum absolute atomic E-state index is 0.0409. The minimum atomic E-state index is -0.413. The summed E-state index contributed by atoms with van der Waals surface area (Å²) in [7, 11) is 0. The van der Waals surface area contributed by atoms with Crippen LogP contribution in [-0.4, -0.2) is 10.0 Å². The summed E-state index contributed by atoms with van der Waals surface area (Å²) in [5.74, 6) is 0.153. The van der Waals surface area contributed by atoms with Gasteiger partial charge in [-0.3, -0.25) is 10.1 Å². The summed E-state index contributed by atoms with van der Waals surface area (Å²) < 4.78 is 0. The van der Waals surface area contributed by atoms with Gasteiger partial charge in [0.15, 0.2) is 0 Å². The van der Waals surface area contributed by atoms with Crippen LogP contribution in [0, 0.1) is 10.1 Å². The van der Waals surface area contributed by atoms with Gasteiger partial charge in [-0.2, -0.15) is 5.11 Å². The van der Waals surface area contributed by atoms with E-state index in [0.29, 0.717) is 22.1 Å². The van der Waals surface area contributed by atoms with Gasteiger partial charge in [0, 0.05) is 11.5 Å². The minimum Gasteiger partial charge on any atom is -0.508 e. The smallest absolute Gasteiger partial charge is 0.277 e. The van der Waals surface area contributed by atoms with Crippen molar-refractivity contribution in [3.8, 4) is 5.75 Å². The Labute approximate surface area is 125 Å². The molecule has 0 aromatic heterocycles. The molecule has 0 atom stereocenters. The fourth-order valence-electron chi connectivity index (χ4n) is 2.14. The quantitative estimate of drug-likeness (QED) is 0.424. The standard InChI is InChI=1S/C16H11N3O3/c20-12-7-5-11(6-8-12)17-18-15-9-10-16(19(21)22)14-4-2-1-3-13(14)15/h1-10,20H. The van der Waals surface area contributed by atoms with E-state index in [1.807, 2.05) is 0 Å². The SMILES string of the molecule is O=[N+]([O-])c1ccc(N=Nc2ccc(O)cc2)c2ccccc12. The first-order valence-corrected chi connectivity index (χ1v) is 6.52. The maximum absolute atomic E-state index is 11.1. The third kappa shape index (κ3) is 2.62. The lowest BCUT2D eigenvalue weighted by molar-refractivity contribution is -0.383. The highest BCUT2D eigenvalue weighted by Gasteiger charge is 2.13. The van der Waals surface area contributed by atoms with E-state index in [0.717, 1.165) is 0 Å². The Bertz CT molecular complexity index is 873. The second-order valence-electron chi connectivity index (χ2n) is 4.62. The molecule has 0 aliphatic heterocycles. The summed E-state index contributed by atoms with van der Waals surface area (Å²) in [4.78, 5) is 10.7.